The van der Waals surface area contributed by atoms with E-state index < -0.39 is 23.2 Å². The Bertz CT molecular complexity index is 328. The van der Waals surface area contributed by atoms with E-state index in [1.54, 1.807) is 0 Å². The minimum absolute atomic E-state index is 0.0522. The SMILES string of the molecule is COc1c(F)cc(CBr)c(F)c1F. The molecule has 0 heterocycles. The summed E-state index contributed by atoms with van der Waals surface area (Å²) in [5.74, 6) is -3.98. The summed E-state index contributed by atoms with van der Waals surface area (Å²) in [6.45, 7) is 0. The monoisotopic (exact) mass is 254 g/mol. The number of hydrogen-bond donors (Lipinski definition) is 0. The molecule has 0 saturated carbocycles. The highest BCUT2D eigenvalue weighted by atomic mass is 79.9. The maximum Gasteiger partial charge on any atom is 0.203 e. The molecule has 0 fully saturated rings. The Morgan fingerprint density at radius 2 is 1.92 bits per heavy atom. The fourth-order valence-corrected chi connectivity index (χ4v) is 1.32. The van der Waals surface area contributed by atoms with E-state index in [1.807, 2.05) is 0 Å². The molecular formula is C8H6BrF3O. The second-order valence-electron chi connectivity index (χ2n) is 2.31. The molecule has 13 heavy (non-hydrogen) atoms. The quantitative estimate of drug-likeness (QED) is 0.583. The van der Waals surface area contributed by atoms with Gasteiger partial charge in [-0.15, -0.1) is 0 Å². The van der Waals surface area contributed by atoms with Gasteiger partial charge in [0.2, 0.25) is 5.82 Å². The lowest BCUT2D eigenvalue weighted by atomic mass is 10.2. The fourth-order valence-electron chi connectivity index (χ4n) is 0.912. The third kappa shape index (κ3) is 1.80. The molecule has 0 aromatic heterocycles. The maximum absolute atomic E-state index is 13.0. The van der Waals surface area contributed by atoms with Crippen LogP contribution in [-0.4, -0.2) is 7.11 Å². The third-order valence-electron chi connectivity index (χ3n) is 1.54. The average Bonchev–Trinajstić information content (AvgIpc) is 2.12. The first-order valence-corrected chi connectivity index (χ1v) is 4.50. The maximum atomic E-state index is 13.0. The van der Waals surface area contributed by atoms with Crippen molar-refractivity contribution in [3.05, 3.63) is 29.1 Å². The van der Waals surface area contributed by atoms with Gasteiger partial charge in [-0.05, 0) is 6.07 Å². The predicted octanol–water partition coefficient (Wildman–Crippen LogP) is 3.01. The largest absolute Gasteiger partial charge is 0.491 e. The molecule has 0 unspecified atom stereocenters. The van der Waals surface area contributed by atoms with E-state index in [-0.39, 0.29) is 10.9 Å². The highest BCUT2D eigenvalue weighted by Crippen LogP contribution is 2.27. The molecule has 0 amide bonds. The molecule has 0 atom stereocenters. The molecule has 5 heteroatoms. The van der Waals surface area contributed by atoms with Crippen LogP contribution in [0.5, 0.6) is 5.75 Å². The normalized spacial score (nSPS) is 10.2. The predicted molar refractivity (Wildman–Crippen MR) is 45.5 cm³/mol. The van der Waals surface area contributed by atoms with Crippen molar-refractivity contribution < 1.29 is 17.9 Å². The molecule has 1 nitrogen and oxygen atoms in total. The van der Waals surface area contributed by atoms with Crippen molar-refractivity contribution in [2.45, 2.75) is 5.33 Å². The van der Waals surface area contributed by atoms with Crippen LogP contribution in [0, 0.1) is 17.5 Å². The van der Waals surface area contributed by atoms with Crippen molar-refractivity contribution in [1.82, 2.24) is 0 Å². The minimum atomic E-state index is -1.29. The molecule has 0 N–H and O–H groups in total. The van der Waals surface area contributed by atoms with E-state index in [1.165, 1.54) is 0 Å². The van der Waals surface area contributed by atoms with E-state index in [4.69, 9.17) is 0 Å². The first-order valence-electron chi connectivity index (χ1n) is 3.38. The van der Waals surface area contributed by atoms with Gasteiger partial charge in [0, 0.05) is 10.9 Å². The van der Waals surface area contributed by atoms with Crippen LogP contribution in [0.1, 0.15) is 5.56 Å². The van der Waals surface area contributed by atoms with Crippen molar-refractivity contribution in [1.29, 1.82) is 0 Å². The van der Waals surface area contributed by atoms with Gasteiger partial charge in [-0.3, -0.25) is 0 Å². The van der Waals surface area contributed by atoms with Gasteiger partial charge in [-0.2, -0.15) is 4.39 Å². The van der Waals surface area contributed by atoms with Gasteiger partial charge in [0.25, 0.3) is 0 Å². The van der Waals surface area contributed by atoms with Crippen LogP contribution in [0.2, 0.25) is 0 Å². The van der Waals surface area contributed by atoms with Crippen LogP contribution in [0.25, 0.3) is 0 Å². The van der Waals surface area contributed by atoms with E-state index in [0.29, 0.717) is 0 Å². The van der Waals surface area contributed by atoms with Crippen LogP contribution < -0.4 is 4.74 Å². The van der Waals surface area contributed by atoms with Crippen LogP contribution in [0.15, 0.2) is 6.07 Å². The Morgan fingerprint density at radius 3 is 2.38 bits per heavy atom. The molecule has 72 valence electrons. The zero-order valence-electron chi connectivity index (χ0n) is 6.70. The molecule has 1 aromatic rings. The number of rotatable bonds is 2. The molecule has 1 aromatic carbocycles. The molecule has 1 rings (SSSR count). The van der Waals surface area contributed by atoms with Gasteiger partial charge in [0.1, 0.15) is 0 Å². The van der Waals surface area contributed by atoms with Crippen LogP contribution in [0.4, 0.5) is 13.2 Å². The van der Waals surface area contributed by atoms with E-state index >= 15 is 0 Å². The van der Waals surface area contributed by atoms with E-state index in [0.717, 1.165) is 13.2 Å². The average molecular weight is 255 g/mol. The lowest BCUT2D eigenvalue weighted by molar-refractivity contribution is 0.345. The molecular weight excluding hydrogens is 249 g/mol. The van der Waals surface area contributed by atoms with Crippen molar-refractivity contribution in [3.63, 3.8) is 0 Å². The van der Waals surface area contributed by atoms with Crippen molar-refractivity contribution in [2.24, 2.45) is 0 Å². The summed E-state index contributed by atoms with van der Waals surface area (Å²) >= 11 is 2.91. The molecule has 0 radical (unpaired) electrons. The Kier molecular flexibility index (Phi) is 3.19. The molecule has 0 bridgehead atoms. The minimum Gasteiger partial charge on any atom is -0.491 e. The summed E-state index contributed by atoms with van der Waals surface area (Å²) in [5, 5.41) is 0.0522. The van der Waals surface area contributed by atoms with E-state index in [9.17, 15) is 13.2 Å². The lowest BCUT2D eigenvalue weighted by Gasteiger charge is -2.06. The standard InChI is InChI=1S/C8H6BrF3O/c1-13-8-5(10)2-4(3-9)6(11)7(8)12/h2H,3H2,1H3. The first-order chi connectivity index (χ1) is 6.11. The Balaban J connectivity index is 3.37. The number of ether oxygens (including phenoxy) is 1. The van der Waals surface area contributed by atoms with Gasteiger partial charge < -0.3 is 4.74 Å². The molecule has 0 aliphatic heterocycles. The summed E-state index contributed by atoms with van der Waals surface area (Å²) in [6, 6.07) is 0.895. The van der Waals surface area contributed by atoms with Crippen LogP contribution in [-0.2, 0) is 5.33 Å². The van der Waals surface area contributed by atoms with E-state index in [2.05, 4.69) is 20.7 Å². The van der Waals surface area contributed by atoms with Gasteiger partial charge in [0.15, 0.2) is 17.4 Å². The number of hydrogen-bond acceptors (Lipinski definition) is 1. The summed E-state index contributed by atoms with van der Waals surface area (Å²) < 4.78 is 43.2. The Morgan fingerprint density at radius 1 is 1.31 bits per heavy atom. The fraction of sp³-hybridized carbons (Fsp3) is 0.250. The molecule has 0 aliphatic rings. The van der Waals surface area contributed by atoms with Gasteiger partial charge >= 0.3 is 0 Å². The Labute approximate surface area is 81.6 Å². The smallest absolute Gasteiger partial charge is 0.203 e. The van der Waals surface area contributed by atoms with Gasteiger partial charge in [-0.25, -0.2) is 8.78 Å². The summed E-state index contributed by atoms with van der Waals surface area (Å²) in [6.07, 6.45) is 0. The zero-order valence-corrected chi connectivity index (χ0v) is 8.29. The lowest BCUT2D eigenvalue weighted by Crippen LogP contribution is -1.99. The second kappa shape index (κ2) is 4.00. The summed E-state index contributed by atoms with van der Waals surface area (Å²) in [7, 11) is 1.08. The van der Waals surface area contributed by atoms with Crippen molar-refractivity contribution >= 4 is 15.9 Å². The number of alkyl halides is 1. The number of halogens is 4. The first kappa shape index (κ1) is 10.4. The number of benzene rings is 1. The van der Waals surface area contributed by atoms with Gasteiger partial charge in [-0.1, -0.05) is 15.9 Å². The Hall–Kier alpha value is -0.710. The number of methoxy groups -OCH3 is 1. The topological polar surface area (TPSA) is 9.23 Å². The van der Waals surface area contributed by atoms with Crippen molar-refractivity contribution in [3.8, 4) is 5.75 Å². The van der Waals surface area contributed by atoms with Crippen LogP contribution in [0.3, 0.4) is 0 Å². The molecule has 0 spiro atoms. The third-order valence-corrected chi connectivity index (χ3v) is 2.14. The summed E-state index contributed by atoms with van der Waals surface area (Å²) in [5.41, 5.74) is -0.0733. The van der Waals surface area contributed by atoms with Crippen molar-refractivity contribution in [2.75, 3.05) is 7.11 Å². The second-order valence-corrected chi connectivity index (χ2v) is 2.87. The van der Waals surface area contributed by atoms with Crippen LogP contribution >= 0.6 is 15.9 Å². The zero-order chi connectivity index (χ0) is 10.0. The molecule has 0 saturated heterocycles. The van der Waals surface area contributed by atoms with Gasteiger partial charge in [0.05, 0.1) is 7.11 Å². The highest BCUT2D eigenvalue weighted by molar-refractivity contribution is 9.08. The molecule has 0 aliphatic carbocycles. The highest BCUT2D eigenvalue weighted by Gasteiger charge is 2.18. The summed E-state index contributed by atoms with van der Waals surface area (Å²) in [4.78, 5) is 0.